The van der Waals surface area contributed by atoms with Gasteiger partial charge in [0.05, 0.1) is 0 Å². The fraction of sp³-hybridized carbons (Fsp3) is 1.00. The zero-order chi connectivity index (χ0) is 14.8. The Morgan fingerprint density at radius 1 is 0.591 bits per heavy atom. The molecule has 2 unspecified atom stereocenters. The molecule has 7 atom stereocenters. The first kappa shape index (κ1) is 14.4. The van der Waals surface area contributed by atoms with Crippen LogP contribution in [0.2, 0.25) is 0 Å². The van der Waals surface area contributed by atoms with Crippen molar-refractivity contribution in [1.82, 2.24) is 0 Å². The van der Waals surface area contributed by atoms with Gasteiger partial charge in [-0.3, -0.25) is 0 Å². The van der Waals surface area contributed by atoms with Crippen molar-refractivity contribution in [3.05, 3.63) is 0 Å². The van der Waals surface area contributed by atoms with Gasteiger partial charge in [0.15, 0.2) is 0 Å². The summed E-state index contributed by atoms with van der Waals surface area (Å²) in [5, 5.41) is 0. The molecule has 0 saturated heterocycles. The SMILES string of the molecule is C[C@]12CCCCC1CC[C@H]1[C@@H]3CCC4CCCC[C@@]43CC[C@@H]12. The lowest BCUT2D eigenvalue weighted by atomic mass is 9.43. The summed E-state index contributed by atoms with van der Waals surface area (Å²) in [7, 11) is 0. The van der Waals surface area contributed by atoms with Gasteiger partial charge in [-0.2, -0.15) is 0 Å². The van der Waals surface area contributed by atoms with Crippen molar-refractivity contribution in [2.75, 3.05) is 0 Å². The first-order valence-electron chi connectivity index (χ1n) is 10.7. The highest BCUT2D eigenvalue weighted by Gasteiger charge is 2.61. The second kappa shape index (κ2) is 5.00. The molecule has 0 bridgehead atoms. The van der Waals surface area contributed by atoms with Crippen LogP contribution in [0.4, 0.5) is 0 Å². The minimum Gasteiger partial charge on any atom is -0.0591 e. The number of hydrogen-bond donors (Lipinski definition) is 0. The van der Waals surface area contributed by atoms with Gasteiger partial charge < -0.3 is 0 Å². The van der Waals surface area contributed by atoms with Crippen LogP contribution in [0, 0.1) is 40.4 Å². The largest absolute Gasteiger partial charge is 0.0591 e. The van der Waals surface area contributed by atoms with Crippen LogP contribution < -0.4 is 0 Å². The molecule has 0 heteroatoms. The average Bonchev–Trinajstić information content (AvgIpc) is 2.94. The summed E-state index contributed by atoms with van der Waals surface area (Å²) in [6.07, 6.45) is 22.2. The van der Waals surface area contributed by atoms with Crippen molar-refractivity contribution >= 4 is 0 Å². The normalized spacial score (nSPS) is 57.4. The molecule has 0 N–H and O–H groups in total. The van der Waals surface area contributed by atoms with E-state index >= 15 is 0 Å². The van der Waals surface area contributed by atoms with Crippen molar-refractivity contribution in [1.29, 1.82) is 0 Å². The van der Waals surface area contributed by atoms with Gasteiger partial charge >= 0.3 is 0 Å². The maximum absolute atomic E-state index is 2.74. The summed E-state index contributed by atoms with van der Waals surface area (Å²) in [6.45, 7) is 2.74. The minimum atomic E-state index is 0.746. The maximum atomic E-state index is 2.74. The van der Waals surface area contributed by atoms with E-state index in [1.807, 2.05) is 0 Å². The Hall–Kier alpha value is 0. The van der Waals surface area contributed by atoms with Gasteiger partial charge in [0.25, 0.3) is 0 Å². The fourth-order valence-corrected chi connectivity index (χ4v) is 9.01. The molecule has 0 aromatic rings. The van der Waals surface area contributed by atoms with E-state index < -0.39 is 0 Å². The van der Waals surface area contributed by atoms with E-state index in [0.29, 0.717) is 0 Å². The molecule has 5 aliphatic rings. The van der Waals surface area contributed by atoms with Crippen LogP contribution in [0.15, 0.2) is 0 Å². The van der Waals surface area contributed by atoms with Crippen LogP contribution in [0.5, 0.6) is 0 Å². The number of fused-ring (bicyclic) bond motifs is 4. The first-order valence-corrected chi connectivity index (χ1v) is 10.7. The molecule has 0 aromatic carbocycles. The Morgan fingerprint density at radius 2 is 1.36 bits per heavy atom. The molecule has 22 heavy (non-hydrogen) atoms. The second-order valence-electron chi connectivity index (χ2n) is 10.2. The number of hydrogen-bond acceptors (Lipinski definition) is 0. The third-order valence-corrected chi connectivity index (χ3v) is 9.92. The Balaban J connectivity index is 1.47. The van der Waals surface area contributed by atoms with Crippen molar-refractivity contribution in [3.63, 3.8) is 0 Å². The quantitative estimate of drug-likeness (QED) is 0.473. The van der Waals surface area contributed by atoms with Gasteiger partial charge in [0, 0.05) is 0 Å². The van der Waals surface area contributed by atoms with Crippen LogP contribution in [-0.2, 0) is 0 Å². The maximum Gasteiger partial charge on any atom is -0.0238 e. The third kappa shape index (κ3) is 1.76. The summed E-state index contributed by atoms with van der Waals surface area (Å²) in [5.41, 5.74) is 1.59. The molecule has 5 rings (SSSR count). The molecular weight excluding hydrogens is 264 g/mol. The minimum absolute atomic E-state index is 0.746. The van der Waals surface area contributed by atoms with Crippen molar-refractivity contribution in [3.8, 4) is 0 Å². The van der Waals surface area contributed by atoms with E-state index in [4.69, 9.17) is 0 Å². The monoisotopic (exact) mass is 300 g/mol. The van der Waals surface area contributed by atoms with Crippen LogP contribution >= 0.6 is 0 Å². The lowest BCUT2D eigenvalue weighted by Gasteiger charge is -2.61. The van der Waals surface area contributed by atoms with Gasteiger partial charge in [0.2, 0.25) is 0 Å². The zero-order valence-corrected chi connectivity index (χ0v) is 14.8. The summed E-state index contributed by atoms with van der Waals surface area (Å²) >= 11 is 0. The molecule has 0 aromatic heterocycles. The molecule has 124 valence electrons. The van der Waals surface area contributed by atoms with E-state index in [-0.39, 0.29) is 0 Å². The topological polar surface area (TPSA) is 0 Å². The van der Waals surface area contributed by atoms with Gasteiger partial charge in [-0.05, 0) is 105 Å². The Kier molecular flexibility index (Phi) is 3.26. The average molecular weight is 301 g/mol. The Bertz CT molecular complexity index is 435. The van der Waals surface area contributed by atoms with Gasteiger partial charge in [0.1, 0.15) is 0 Å². The van der Waals surface area contributed by atoms with E-state index in [1.165, 1.54) is 12.8 Å². The molecule has 5 fully saturated rings. The molecule has 5 aliphatic carbocycles. The summed E-state index contributed by atoms with van der Waals surface area (Å²) < 4.78 is 0. The van der Waals surface area contributed by atoms with Crippen LogP contribution in [-0.4, -0.2) is 0 Å². The predicted molar refractivity (Wildman–Crippen MR) is 92.6 cm³/mol. The van der Waals surface area contributed by atoms with E-state index in [9.17, 15) is 0 Å². The van der Waals surface area contributed by atoms with Crippen molar-refractivity contribution in [2.24, 2.45) is 40.4 Å². The summed E-state index contributed by atoms with van der Waals surface area (Å²) in [5.74, 6) is 5.64. The summed E-state index contributed by atoms with van der Waals surface area (Å²) in [4.78, 5) is 0. The molecule has 0 radical (unpaired) electrons. The van der Waals surface area contributed by atoms with Gasteiger partial charge in [-0.1, -0.05) is 32.6 Å². The van der Waals surface area contributed by atoms with E-state index in [2.05, 4.69) is 6.92 Å². The highest BCUT2D eigenvalue weighted by Crippen LogP contribution is 2.70. The molecule has 0 nitrogen and oxygen atoms in total. The Morgan fingerprint density at radius 3 is 2.27 bits per heavy atom. The van der Waals surface area contributed by atoms with Crippen LogP contribution in [0.3, 0.4) is 0 Å². The van der Waals surface area contributed by atoms with Crippen molar-refractivity contribution < 1.29 is 0 Å². The number of rotatable bonds is 0. The molecule has 0 aliphatic heterocycles. The molecule has 1 spiro atoms. The smallest absolute Gasteiger partial charge is 0.0238 e. The lowest BCUT2D eigenvalue weighted by molar-refractivity contribution is -0.123. The highest BCUT2D eigenvalue weighted by atomic mass is 14.7. The molecule has 0 heterocycles. The third-order valence-electron chi connectivity index (χ3n) is 9.92. The Labute approximate surface area is 137 Å². The van der Waals surface area contributed by atoms with Crippen LogP contribution in [0.1, 0.15) is 96.8 Å². The lowest BCUT2D eigenvalue weighted by Crippen LogP contribution is -2.53. The first-order chi connectivity index (χ1) is 10.7. The van der Waals surface area contributed by atoms with E-state index in [1.54, 1.807) is 77.0 Å². The highest BCUT2D eigenvalue weighted by molar-refractivity contribution is 5.10. The second-order valence-corrected chi connectivity index (χ2v) is 10.2. The molecule has 5 saturated carbocycles. The predicted octanol–water partition coefficient (Wildman–Crippen LogP) is 6.59. The van der Waals surface area contributed by atoms with Crippen molar-refractivity contribution in [2.45, 2.75) is 96.8 Å². The molecule has 0 amide bonds. The fourth-order valence-electron chi connectivity index (χ4n) is 9.01. The molecular formula is C22H36. The van der Waals surface area contributed by atoms with Gasteiger partial charge in [-0.25, -0.2) is 0 Å². The zero-order valence-electron chi connectivity index (χ0n) is 14.8. The van der Waals surface area contributed by atoms with Crippen LogP contribution in [0.25, 0.3) is 0 Å². The standard InChI is InChI=1S/C22H36/c1-21-13-4-2-6-16(21)8-10-18-19(21)12-15-22-14-5-3-7-17(22)9-11-20(18)22/h16-20H,2-15H2,1H3/t16?,17?,18-,19+,20+,21+,22-/m1/s1. The van der Waals surface area contributed by atoms with Gasteiger partial charge in [-0.15, -0.1) is 0 Å². The summed E-state index contributed by atoms with van der Waals surface area (Å²) in [6, 6.07) is 0. The van der Waals surface area contributed by atoms with E-state index in [0.717, 1.165) is 40.4 Å².